The Balaban J connectivity index is 1.41. The Morgan fingerprint density at radius 3 is 2.74 bits per heavy atom. The third-order valence-electron chi connectivity index (χ3n) is 6.09. The van der Waals surface area contributed by atoms with Crippen LogP contribution in [0, 0.1) is 5.92 Å². The lowest BCUT2D eigenvalue weighted by molar-refractivity contribution is -0.235. The maximum atomic E-state index is 6.44. The molecule has 0 radical (unpaired) electrons. The highest BCUT2D eigenvalue weighted by molar-refractivity contribution is 5.16. The third-order valence-corrected chi connectivity index (χ3v) is 6.09. The number of nitrogens with zero attached hydrogens (tertiary/aromatic N) is 2. The van der Waals surface area contributed by atoms with Crippen molar-refractivity contribution in [2.75, 3.05) is 19.7 Å². The van der Waals surface area contributed by atoms with Crippen molar-refractivity contribution < 1.29 is 19.0 Å². The zero-order valence-electron chi connectivity index (χ0n) is 16.0. The quantitative estimate of drug-likeness (QED) is 0.755. The molecule has 4 aliphatic rings. The fraction of sp³-hybridized carbons (Fsp3) is 0.619. The van der Waals surface area contributed by atoms with Crippen LogP contribution in [0.4, 0.5) is 0 Å². The van der Waals surface area contributed by atoms with Gasteiger partial charge in [0.25, 0.3) is 0 Å². The standard InChI is InChI=1S/C21H28N2O4/c1-4-10-22-12-15-13-24-23(11-14-8-6-5-7-9-14)16(15)18-17(22)19-20(25-18)27-21(2,3)26-19/h4-9,15-20H,1,10-13H2,2-3H3/t15-,16+,17-,18-,19-,20-/m1/s1. The predicted octanol–water partition coefficient (Wildman–Crippen LogP) is 2.17. The summed E-state index contributed by atoms with van der Waals surface area (Å²) in [5, 5.41) is 2.12. The van der Waals surface area contributed by atoms with Crippen LogP contribution in [0.2, 0.25) is 0 Å². The van der Waals surface area contributed by atoms with Gasteiger partial charge in [0.05, 0.1) is 24.8 Å². The van der Waals surface area contributed by atoms with E-state index in [-0.39, 0.29) is 30.6 Å². The van der Waals surface area contributed by atoms with Gasteiger partial charge in [-0.05, 0) is 19.4 Å². The van der Waals surface area contributed by atoms with Gasteiger partial charge in [-0.1, -0.05) is 36.4 Å². The summed E-state index contributed by atoms with van der Waals surface area (Å²) in [4.78, 5) is 8.56. The molecule has 4 aliphatic heterocycles. The molecule has 0 bridgehead atoms. The minimum atomic E-state index is -0.604. The molecule has 4 saturated heterocycles. The van der Waals surface area contributed by atoms with E-state index in [1.165, 1.54) is 5.56 Å². The molecular weight excluding hydrogens is 344 g/mol. The van der Waals surface area contributed by atoms with Gasteiger partial charge in [0, 0.05) is 25.6 Å². The summed E-state index contributed by atoms with van der Waals surface area (Å²) in [5.41, 5.74) is 1.25. The first kappa shape index (κ1) is 17.8. The maximum absolute atomic E-state index is 6.44. The second-order valence-electron chi connectivity index (χ2n) is 8.41. The van der Waals surface area contributed by atoms with Crippen molar-refractivity contribution >= 4 is 0 Å². The molecular formula is C21H28N2O4. The first-order valence-corrected chi connectivity index (χ1v) is 9.85. The Hall–Kier alpha value is -1.28. The van der Waals surface area contributed by atoms with Gasteiger partial charge in [0.15, 0.2) is 12.1 Å². The van der Waals surface area contributed by atoms with Crippen LogP contribution in [0.25, 0.3) is 0 Å². The van der Waals surface area contributed by atoms with Gasteiger partial charge in [-0.2, -0.15) is 5.06 Å². The van der Waals surface area contributed by atoms with Crippen LogP contribution in [0.5, 0.6) is 0 Å². The van der Waals surface area contributed by atoms with E-state index in [1.54, 1.807) is 0 Å². The number of piperidine rings is 1. The monoisotopic (exact) mass is 372 g/mol. The highest BCUT2D eigenvalue weighted by Crippen LogP contribution is 2.46. The van der Waals surface area contributed by atoms with Gasteiger partial charge >= 0.3 is 0 Å². The Labute approximate surface area is 160 Å². The van der Waals surface area contributed by atoms with Crippen molar-refractivity contribution in [2.45, 2.75) is 56.8 Å². The number of benzene rings is 1. The molecule has 0 unspecified atom stereocenters. The van der Waals surface area contributed by atoms with E-state index in [2.05, 4.69) is 40.8 Å². The summed E-state index contributed by atoms with van der Waals surface area (Å²) in [7, 11) is 0. The van der Waals surface area contributed by atoms with E-state index < -0.39 is 5.79 Å². The number of hydrogen-bond donors (Lipinski definition) is 0. The minimum Gasteiger partial charge on any atom is -0.343 e. The zero-order valence-corrected chi connectivity index (χ0v) is 16.0. The SMILES string of the molecule is C=CCN1C[C@@H]2CON(Cc3ccccc3)[C@@H]2[C@H]2O[C@@H]3OC(C)(C)O[C@@H]3[C@@H]21. The Morgan fingerprint density at radius 2 is 1.96 bits per heavy atom. The molecule has 5 rings (SSSR count). The Bertz CT molecular complexity index is 697. The van der Waals surface area contributed by atoms with Crippen LogP contribution in [0.3, 0.4) is 0 Å². The number of likely N-dealkylation sites (tertiary alicyclic amines) is 1. The third kappa shape index (κ3) is 3.05. The number of fused-ring (bicyclic) bond motifs is 5. The average Bonchev–Trinajstić information content (AvgIpc) is 3.26. The molecule has 6 atom stereocenters. The van der Waals surface area contributed by atoms with Crippen LogP contribution < -0.4 is 0 Å². The molecule has 6 nitrogen and oxygen atoms in total. The number of ether oxygens (including phenoxy) is 3. The van der Waals surface area contributed by atoms with E-state index in [4.69, 9.17) is 19.0 Å². The molecule has 4 heterocycles. The van der Waals surface area contributed by atoms with Gasteiger partial charge < -0.3 is 14.2 Å². The molecule has 4 fully saturated rings. The Kier molecular flexibility index (Phi) is 4.39. The van der Waals surface area contributed by atoms with E-state index in [1.807, 2.05) is 26.0 Å². The van der Waals surface area contributed by atoms with E-state index in [0.717, 1.165) is 26.2 Å². The van der Waals surface area contributed by atoms with Crippen molar-refractivity contribution in [3.05, 3.63) is 48.6 Å². The van der Waals surface area contributed by atoms with Gasteiger partial charge in [-0.15, -0.1) is 6.58 Å². The smallest absolute Gasteiger partial charge is 0.189 e. The minimum absolute atomic E-state index is 0.000937. The van der Waals surface area contributed by atoms with Crippen molar-refractivity contribution in [1.29, 1.82) is 0 Å². The summed E-state index contributed by atoms with van der Waals surface area (Å²) in [6.07, 6.45) is 1.56. The topological polar surface area (TPSA) is 43.4 Å². The van der Waals surface area contributed by atoms with Gasteiger partial charge in [-0.3, -0.25) is 9.74 Å². The molecule has 6 heteroatoms. The fourth-order valence-electron chi connectivity index (χ4n) is 5.12. The zero-order chi connectivity index (χ0) is 18.6. The first-order chi connectivity index (χ1) is 13.1. The molecule has 0 saturated carbocycles. The molecule has 27 heavy (non-hydrogen) atoms. The molecule has 0 spiro atoms. The predicted molar refractivity (Wildman–Crippen MR) is 99.5 cm³/mol. The number of hydroxylamine groups is 2. The lowest BCUT2D eigenvalue weighted by atomic mass is 9.85. The second-order valence-corrected chi connectivity index (χ2v) is 8.41. The van der Waals surface area contributed by atoms with Crippen molar-refractivity contribution in [3.8, 4) is 0 Å². The summed E-state index contributed by atoms with van der Waals surface area (Å²) < 4.78 is 18.7. The normalized spacial score (nSPS) is 40.5. The lowest BCUT2D eigenvalue weighted by Crippen LogP contribution is -2.62. The molecule has 146 valence electrons. The van der Waals surface area contributed by atoms with Gasteiger partial charge in [0.2, 0.25) is 0 Å². The van der Waals surface area contributed by atoms with Crippen LogP contribution in [0.1, 0.15) is 19.4 Å². The number of hydrogen-bond acceptors (Lipinski definition) is 6. The van der Waals surface area contributed by atoms with Crippen molar-refractivity contribution in [2.24, 2.45) is 5.92 Å². The molecule has 0 amide bonds. The van der Waals surface area contributed by atoms with Crippen LogP contribution >= 0.6 is 0 Å². The molecule has 0 aliphatic carbocycles. The molecule has 0 N–H and O–H groups in total. The van der Waals surface area contributed by atoms with Gasteiger partial charge in [0.1, 0.15) is 6.10 Å². The van der Waals surface area contributed by atoms with Crippen LogP contribution in [-0.2, 0) is 25.6 Å². The summed E-state index contributed by atoms with van der Waals surface area (Å²) in [6.45, 7) is 11.1. The van der Waals surface area contributed by atoms with Crippen LogP contribution in [-0.4, -0.2) is 66.0 Å². The summed E-state index contributed by atoms with van der Waals surface area (Å²) >= 11 is 0. The highest BCUT2D eigenvalue weighted by Gasteiger charge is 2.63. The van der Waals surface area contributed by atoms with Gasteiger partial charge in [-0.25, -0.2) is 0 Å². The first-order valence-electron chi connectivity index (χ1n) is 9.85. The Morgan fingerprint density at radius 1 is 1.15 bits per heavy atom. The van der Waals surface area contributed by atoms with E-state index >= 15 is 0 Å². The number of rotatable bonds is 4. The highest BCUT2D eigenvalue weighted by atomic mass is 16.8. The largest absolute Gasteiger partial charge is 0.343 e. The van der Waals surface area contributed by atoms with E-state index in [9.17, 15) is 0 Å². The molecule has 1 aromatic carbocycles. The second kappa shape index (κ2) is 6.65. The maximum Gasteiger partial charge on any atom is 0.189 e. The van der Waals surface area contributed by atoms with E-state index in [0.29, 0.717) is 5.92 Å². The fourth-order valence-corrected chi connectivity index (χ4v) is 5.12. The van der Waals surface area contributed by atoms with Crippen molar-refractivity contribution in [1.82, 2.24) is 9.96 Å². The molecule has 0 aromatic heterocycles. The molecule has 1 aromatic rings. The summed E-state index contributed by atoms with van der Waals surface area (Å²) in [6, 6.07) is 10.8. The average molecular weight is 372 g/mol. The summed E-state index contributed by atoms with van der Waals surface area (Å²) in [5.74, 6) is -0.200. The van der Waals surface area contributed by atoms with Crippen molar-refractivity contribution in [3.63, 3.8) is 0 Å². The van der Waals surface area contributed by atoms with Crippen LogP contribution in [0.15, 0.2) is 43.0 Å². The lowest BCUT2D eigenvalue weighted by Gasteiger charge is -2.45.